The molecule has 0 aliphatic rings. The largest absolute Gasteiger partial charge is 0.494 e. The molecule has 0 saturated carbocycles. The Balaban J connectivity index is 3.03. The molecule has 0 spiro atoms. The lowest BCUT2D eigenvalue weighted by molar-refractivity contribution is 0.0985. The third kappa shape index (κ3) is 2.99. The summed E-state index contributed by atoms with van der Waals surface area (Å²) in [5, 5.41) is 0. The van der Waals surface area contributed by atoms with Crippen molar-refractivity contribution in [2.24, 2.45) is 0 Å². The number of carbonyl (C=O) groups is 1. The van der Waals surface area contributed by atoms with Gasteiger partial charge in [-0.25, -0.2) is 0 Å². The minimum Gasteiger partial charge on any atom is -0.494 e. The predicted molar refractivity (Wildman–Crippen MR) is 64.0 cm³/mol. The molecule has 0 aromatic heterocycles. The van der Waals surface area contributed by atoms with Crippen LogP contribution in [0.1, 0.15) is 30.6 Å². The topological polar surface area (TPSA) is 26.3 Å². The van der Waals surface area contributed by atoms with Gasteiger partial charge in [-0.2, -0.15) is 0 Å². The van der Waals surface area contributed by atoms with E-state index in [4.69, 9.17) is 4.74 Å². The van der Waals surface area contributed by atoms with Gasteiger partial charge in [-0.05, 0) is 31.4 Å². The molecule has 0 atom stereocenters. The van der Waals surface area contributed by atoms with E-state index < -0.39 is 0 Å². The van der Waals surface area contributed by atoms with E-state index in [1.54, 1.807) is 11.8 Å². The molecular weight excluding hydrogens is 208 g/mol. The van der Waals surface area contributed by atoms with E-state index in [0.29, 0.717) is 13.0 Å². The maximum absolute atomic E-state index is 11.6. The Hall–Kier alpha value is -0.960. The molecule has 15 heavy (non-hydrogen) atoms. The van der Waals surface area contributed by atoms with Crippen molar-refractivity contribution in [2.45, 2.75) is 25.2 Å². The van der Waals surface area contributed by atoms with E-state index in [1.165, 1.54) is 0 Å². The van der Waals surface area contributed by atoms with Crippen LogP contribution < -0.4 is 4.74 Å². The highest BCUT2D eigenvalue weighted by molar-refractivity contribution is 7.98. The monoisotopic (exact) mass is 224 g/mol. The molecule has 0 bridgehead atoms. The van der Waals surface area contributed by atoms with Gasteiger partial charge in [0.05, 0.1) is 6.61 Å². The van der Waals surface area contributed by atoms with Crippen molar-refractivity contribution < 1.29 is 9.53 Å². The van der Waals surface area contributed by atoms with E-state index >= 15 is 0 Å². The Morgan fingerprint density at radius 3 is 2.67 bits per heavy atom. The number of ether oxygens (including phenoxy) is 1. The summed E-state index contributed by atoms with van der Waals surface area (Å²) in [6.45, 7) is 4.47. The second-order valence-electron chi connectivity index (χ2n) is 3.07. The number of ketones is 1. The first-order valence-electron chi connectivity index (χ1n) is 5.07. The fourth-order valence-corrected chi connectivity index (χ4v) is 1.98. The molecule has 0 N–H and O–H groups in total. The van der Waals surface area contributed by atoms with Gasteiger partial charge in [0.1, 0.15) is 5.75 Å². The molecule has 0 saturated heterocycles. The first-order valence-corrected chi connectivity index (χ1v) is 6.29. The van der Waals surface area contributed by atoms with Crippen molar-refractivity contribution in [1.82, 2.24) is 0 Å². The van der Waals surface area contributed by atoms with Crippen molar-refractivity contribution in [3.05, 3.63) is 23.8 Å². The Kier molecular flexibility index (Phi) is 4.69. The average Bonchev–Trinajstić information content (AvgIpc) is 2.28. The van der Waals surface area contributed by atoms with Gasteiger partial charge in [-0.3, -0.25) is 4.79 Å². The summed E-state index contributed by atoms with van der Waals surface area (Å²) < 4.78 is 5.39. The quantitative estimate of drug-likeness (QED) is 0.566. The molecule has 2 nitrogen and oxygen atoms in total. The zero-order chi connectivity index (χ0) is 11.3. The summed E-state index contributed by atoms with van der Waals surface area (Å²) in [4.78, 5) is 12.6. The van der Waals surface area contributed by atoms with Crippen molar-refractivity contribution in [2.75, 3.05) is 12.9 Å². The fourth-order valence-electron chi connectivity index (χ4n) is 1.35. The zero-order valence-electron chi connectivity index (χ0n) is 9.37. The second kappa shape index (κ2) is 5.81. The van der Waals surface area contributed by atoms with Gasteiger partial charge in [0.2, 0.25) is 0 Å². The lowest BCUT2D eigenvalue weighted by Crippen LogP contribution is -2.00. The molecule has 0 heterocycles. The van der Waals surface area contributed by atoms with E-state index in [-0.39, 0.29) is 5.78 Å². The average molecular weight is 224 g/mol. The van der Waals surface area contributed by atoms with Crippen LogP contribution in [0.4, 0.5) is 0 Å². The highest BCUT2D eigenvalue weighted by Gasteiger charge is 2.09. The highest BCUT2D eigenvalue weighted by Crippen LogP contribution is 2.26. The second-order valence-corrected chi connectivity index (χ2v) is 3.92. The lowest BCUT2D eigenvalue weighted by atomic mass is 10.1. The van der Waals surface area contributed by atoms with Crippen molar-refractivity contribution in [1.29, 1.82) is 0 Å². The van der Waals surface area contributed by atoms with Gasteiger partial charge >= 0.3 is 0 Å². The van der Waals surface area contributed by atoms with Crippen LogP contribution in [-0.4, -0.2) is 18.6 Å². The van der Waals surface area contributed by atoms with Crippen LogP contribution in [0.15, 0.2) is 23.1 Å². The molecule has 0 unspecified atom stereocenters. The van der Waals surface area contributed by atoms with E-state index in [9.17, 15) is 4.79 Å². The summed E-state index contributed by atoms with van der Waals surface area (Å²) in [5.41, 5.74) is 0.799. The fraction of sp³-hybridized carbons (Fsp3) is 0.417. The molecule has 0 aliphatic carbocycles. The Bertz CT molecular complexity index is 347. The summed E-state index contributed by atoms with van der Waals surface area (Å²) >= 11 is 1.58. The predicted octanol–water partition coefficient (Wildman–Crippen LogP) is 3.40. The normalized spacial score (nSPS) is 10.1. The molecule has 1 aromatic carbocycles. The smallest absolute Gasteiger partial charge is 0.163 e. The number of thioether (sulfide) groups is 1. The minimum absolute atomic E-state index is 0.183. The molecule has 1 rings (SSSR count). The van der Waals surface area contributed by atoms with Crippen molar-refractivity contribution in [3.8, 4) is 5.75 Å². The Morgan fingerprint density at radius 2 is 2.13 bits per heavy atom. The lowest BCUT2D eigenvalue weighted by Gasteiger charge is -2.08. The first kappa shape index (κ1) is 12.1. The van der Waals surface area contributed by atoms with E-state index in [2.05, 4.69) is 0 Å². The van der Waals surface area contributed by atoms with Crippen LogP contribution >= 0.6 is 11.8 Å². The Morgan fingerprint density at radius 1 is 1.40 bits per heavy atom. The van der Waals surface area contributed by atoms with Gasteiger partial charge in [-0.15, -0.1) is 11.8 Å². The summed E-state index contributed by atoms with van der Waals surface area (Å²) in [5.74, 6) is 1.01. The van der Waals surface area contributed by atoms with Crippen molar-refractivity contribution in [3.63, 3.8) is 0 Å². The minimum atomic E-state index is 0.183. The first-order chi connectivity index (χ1) is 7.22. The number of Topliss-reactive ketones (excluding diaryl/α,β-unsaturated/α-hetero) is 1. The van der Waals surface area contributed by atoms with Crippen LogP contribution in [0.25, 0.3) is 0 Å². The number of hydrogen-bond acceptors (Lipinski definition) is 3. The van der Waals surface area contributed by atoms with Gasteiger partial charge in [0.15, 0.2) is 5.78 Å². The summed E-state index contributed by atoms with van der Waals surface area (Å²) in [6, 6.07) is 5.63. The van der Waals surface area contributed by atoms with Gasteiger partial charge in [-0.1, -0.05) is 6.92 Å². The number of benzene rings is 1. The van der Waals surface area contributed by atoms with Crippen LogP contribution in [0, 0.1) is 0 Å². The van der Waals surface area contributed by atoms with Crippen LogP contribution in [0.3, 0.4) is 0 Å². The number of rotatable bonds is 5. The van der Waals surface area contributed by atoms with Gasteiger partial charge in [0, 0.05) is 16.9 Å². The molecule has 0 aliphatic heterocycles. The standard InChI is InChI=1S/C12H16O2S/c1-4-11(13)10-7-6-9(14-5-2)8-12(10)15-3/h6-8H,4-5H2,1-3H3. The van der Waals surface area contributed by atoms with Crippen LogP contribution in [0.2, 0.25) is 0 Å². The molecule has 1 aromatic rings. The summed E-state index contributed by atoms with van der Waals surface area (Å²) in [7, 11) is 0. The maximum Gasteiger partial charge on any atom is 0.163 e. The van der Waals surface area contributed by atoms with Crippen LogP contribution in [-0.2, 0) is 0 Å². The van der Waals surface area contributed by atoms with Crippen molar-refractivity contribution >= 4 is 17.5 Å². The summed E-state index contributed by atoms with van der Waals surface area (Å²) in [6.07, 6.45) is 2.51. The maximum atomic E-state index is 11.6. The number of carbonyl (C=O) groups excluding carboxylic acids is 1. The van der Waals surface area contributed by atoms with Crippen LogP contribution in [0.5, 0.6) is 5.75 Å². The third-order valence-electron chi connectivity index (χ3n) is 2.11. The van der Waals surface area contributed by atoms with Gasteiger partial charge < -0.3 is 4.74 Å². The molecular formula is C12H16O2S. The number of hydrogen-bond donors (Lipinski definition) is 0. The van der Waals surface area contributed by atoms with E-state index in [1.807, 2.05) is 38.3 Å². The van der Waals surface area contributed by atoms with Gasteiger partial charge in [0.25, 0.3) is 0 Å². The Labute approximate surface area is 95.0 Å². The third-order valence-corrected chi connectivity index (χ3v) is 2.88. The molecule has 3 heteroatoms. The van der Waals surface area contributed by atoms with E-state index in [0.717, 1.165) is 16.2 Å². The molecule has 0 fully saturated rings. The molecule has 0 amide bonds. The highest BCUT2D eigenvalue weighted by atomic mass is 32.2. The SMILES string of the molecule is CCOc1ccc(C(=O)CC)c(SC)c1. The molecule has 82 valence electrons. The zero-order valence-corrected chi connectivity index (χ0v) is 10.2. The molecule has 0 radical (unpaired) electrons.